The van der Waals surface area contributed by atoms with Gasteiger partial charge in [-0.25, -0.2) is 0 Å². The number of ether oxygens (including phenoxy) is 1. The van der Waals surface area contributed by atoms with Crippen molar-refractivity contribution in [2.45, 2.75) is 13.2 Å². The number of aromatic nitrogens is 1. The molecule has 0 aliphatic heterocycles. The molecule has 0 unspecified atom stereocenters. The van der Waals surface area contributed by atoms with Gasteiger partial charge in [0, 0.05) is 28.2 Å². The standard InChI is InChI=1S/C15H13BrN2O2/c16-10-5-11(8-18-7-10)19-9-15-13(6-17)12-3-1-2-4-14(12)20-15/h1-5,7-8H,6,9,17H2. The molecule has 2 heterocycles. The van der Waals surface area contributed by atoms with E-state index >= 15 is 0 Å². The molecule has 0 radical (unpaired) electrons. The third-order valence-corrected chi connectivity index (χ3v) is 3.47. The minimum atomic E-state index is 0.333. The number of hydrogen-bond acceptors (Lipinski definition) is 4. The monoisotopic (exact) mass is 332 g/mol. The number of rotatable bonds is 4. The predicted octanol–water partition coefficient (Wildman–Crippen LogP) is 3.63. The molecule has 0 aliphatic carbocycles. The summed E-state index contributed by atoms with van der Waals surface area (Å²) in [4.78, 5) is 4.05. The molecule has 0 atom stereocenters. The van der Waals surface area contributed by atoms with E-state index < -0.39 is 0 Å². The summed E-state index contributed by atoms with van der Waals surface area (Å²) < 4.78 is 12.4. The van der Waals surface area contributed by atoms with Crippen molar-refractivity contribution >= 4 is 26.9 Å². The van der Waals surface area contributed by atoms with Crippen molar-refractivity contribution in [3.05, 3.63) is 58.5 Å². The molecule has 0 amide bonds. The summed E-state index contributed by atoms with van der Waals surface area (Å²) in [5.74, 6) is 1.44. The van der Waals surface area contributed by atoms with Gasteiger partial charge in [-0.05, 0) is 28.1 Å². The summed E-state index contributed by atoms with van der Waals surface area (Å²) in [7, 11) is 0. The smallest absolute Gasteiger partial charge is 0.147 e. The van der Waals surface area contributed by atoms with E-state index in [1.54, 1.807) is 12.4 Å². The summed E-state index contributed by atoms with van der Waals surface area (Å²) in [6, 6.07) is 9.70. The Kier molecular flexibility index (Phi) is 3.71. The molecule has 1 aromatic carbocycles. The molecule has 0 saturated heterocycles. The van der Waals surface area contributed by atoms with Gasteiger partial charge in [0.05, 0.1) is 6.20 Å². The van der Waals surface area contributed by atoms with E-state index in [9.17, 15) is 0 Å². The Hall–Kier alpha value is -1.85. The summed E-state index contributed by atoms with van der Waals surface area (Å²) in [6.45, 7) is 0.756. The zero-order valence-electron chi connectivity index (χ0n) is 10.7. The molecule has 0 saturated carbocycles. The van der Waals surface area contributed by atoms with Crippen LogP contribution in [0.4, 0.5) is 0 Å². The minimum absolute atomic E-state index is 0.333. The highest BCUT2D eigenvalue weighted by molar-refractivity contribution is 9.10. The highest BCUT2D eigenvalue weighted by Gasteiger charge is 2.13. The lowest BCUT2D eigenvalue weighted by molar-refractivity contribution is 0.271. The van der Waals surface area contributed by atoms with Gasteiger partial charge in [0.15, 0.2) is 0 Å². The zero-order valence-corrected chi connectivity index (χ0v) is 12.3. The third kappa shape index (κ3) is 2.55. The van der Waals surface area contributed by atoms with Gasteiger partial charge in [0.2, 0.25) is 0 Å². The van der Waals surface area contributed by atoms with Gasteiger partial charge in [-0.15, -0.1) is 0 Å². The molecule has 102 valence electrons. The Labute approximate surface area is 124 Å². The second-order valence-electron chi connectivity index (χ2n) is 4.33. The zero-order chi connectivity index (χ0) is 13.9. The van der Waals surface area contributed by atoms with E-state index in [0.29, 0.717) is 18.9 Å². The summed E-state index contributed by atoms with van der Waals surface area (Å²) in [5, 5.41) is 1.04. The van der Waals surface area contributed by atoms with E-state index in [2.05, 4.69) is 20.9 Å². The number of pyridine rings is 1. The molecule has 0 spiro atoms. The number of hydrogen-bond donors (Lipinski definition) is 1. The van der Waals surface area contributed by atoms with Crippen molar-refractivity contribution in [3.63, 3.8) is 0 Å². The van der Waals surface area contributed by atoms with Crippen molar-refractivity contribution in [1.82, 2.24) is 4.98 Å². The molecule has 0 aliphatic rings. The van der Waals surface area contributed by atoms with Crippen molar-refractivity contribution in [3.8, 4) is 5.75 Å². The highest BCUT2D eigenvalue weighted by atomic mass is 79.9. The van der Waals surface area contributed by atoms with Crippen LogP contribution in [0.15, 0.2) is 51.6 Å². The van der Waals surface area contributed by atoms with Crippen LogP contribution >= 0.6 is 15.9 Å². The number of nitrogens with zero attached hydrogens (tertiary/aromatic N) is 1. The van der Waals surface area contributed by atoms with E-state index in [1.807, 2.05) is 30.3 Å². The van der Waals surface area contributed by atoms with Crippen LogP contribution < -0.4 is 10.5 Å². The van der Waals surface area contributed by atoms with E-state index in [4.69, 9.17) is 14.9 Å². The van der Waals surface area contributed by atoms with Gasteiger partial charge >= 0.3 is 0 Å². The first kappa shape index (κ1) is 13.1. The first-order chi connectivity index (χ1) is 9.78. The normalized spacial score (nSPS) is 10.9. The average molecular weight is 333 g/mol. The fraction of sp³-hybridized carbons (Fsp3) is 0.133. The van der Waals surface area contributed by atoms with Gasteiger partial charge in [0.1, 0.15) is 23.7 Å². The fourth-order valence-corrected chi connectivity index (χ4v) is 2.45. The van der Waals surface area contributed by atoms with Crippen LogP contribution in [0.2, 0.25) is 0 Å². The fourth-order valence-electron chi connectivity index (χ4n) is 2.11. The van der Waals surface area contributed by atoms with Gasteiger partial charge in [0.25, 0.3) is 0 Å². The van der Waals surface area contributed by atoms with Crippen LogP contribution in [0.5, 0.6) is 5.75 Å². The summed E-state index contributed by atoms with van der Waals surface area (Å²) in [5.41, 5.74) is 7.64. The maximum Gasteiger partial charge on any atom is 0.147 e. The Bertz CT molecular complexity index is 740. The molecule has 3 rings (SSSR count). The quantitative estimate of drug-likeness (QED) is 0.792. The van der Waals surface area contributed by atoms with Crippen LogP contribution in [-0.2, 0) is 13.2 Å². The summed E-state index contributed by atoms with van der Waals surface area (Å²) in [6.07, 6.45) is 3.37. The van der Waals surface area contributed by atoms with Gasteiger partial charge < -0.3 is 14.9 Å². The Morgan fingerprint density at radius 1 is 1.25 bits per heavy atom. The predicted molar refractivity (Wildman–Crippen MR) is 80.4 cm³/mol. The van der Waals surface area contributed by atoms with Crippen molar-refractivity contribution in [2.24, 2.45) is 5.73 Å². The molecule has 4 nitrogen and oxygen atoms in total. The topological polar surface area (TPSA) is 61.3 Å². The van der Waals surface area contributed by atoms with Crippen LogP contribution in [0, 0.1) is 0 Å². The lowest BCUT2D eigenvalue weighted by atomic mass is 10.1. The number of fused-ring (bicyclic) bond motifs is 1. The van der Waals surface area contributed by atoms with E-state index in [-0.39, 0.29) is 0 Å². The number of furan rings is 1. The van der Waals surface area contributed by atoms with Crippen molar-refractivity contribution in [1.29, 1.82) is 0 Å². The number of para-hydroxylation sites is 1. The third-order valence-electron chi connectivity index (χ3n) is 3.04. The molecule has 5 heteroatoms. The number of nitrogens with two attached hydrogens (primary N) is 1. The van der Waals surface area contributed by atoms with Crippen molar-refractivity contribution in [2.75, 3.05) is 0 Å². The molecular formula is C15H13BrN2O2. The molecule has 0 bridgehead atoms. The van der Waals surface area contributed by atoms with Crippen LogP contribution in [0.1, 0.15) is 11.3 Å². The van der Waals surface area contributed by atoms with Crippen LogP contribution in [-0.4, -0.2) is 4.98 Å². The Morgan fingerprint density at radius 2 is 2.10 bits per heavy atom. The lowest BCUT2D eigenvalue weighted by Gasteiger charge is -2.05. The van der Waals surface area contributed by atoms with Gasteiger partial charge in [-0.2, -0.15) is 0 Å². The SMILES string of the molecule is NCc1c(COc2cncc(Br)c2)oc2ccccc12. The first-order valence-corrected chi connectivity index (χ1v) is 7.00. The molecule has 0 fully saturated rings. The van der Waals surface area contributed by atoms with Crippen LogP contribution in [0.25, 0.3) is 11.0 Å². The molecule has 2 N–H and O–H groups in total. The summed E-state index contributed by atoms with van der Waals surface area (Å²) >= 11 is 3.36. The van der Waals surface area contributed by atoms with E-state index in [0.717, 1.165) is 26.8 Å². The largest absolute Gasteiger partial charge is 0.484 e. The maximum absolute atomic E-state index is 5.82. The Morgan fingerprint density at radius 3 is 2.90 bits per heavy atom. The Balaban J connectivity index is 1.87. The second-order valence-corrected chi connectivity index (χ2v) is 5.25. The molecule has 20 heavy (non-hydrogen) atoms. The highest BCUT2D eigenvalue weighted by Crippen LogP contribution is 2.26. The maximum atomic E-state index is 5.82. The lowest BCUT2D eigenvalue weighted by Crippen LogP contribution is -2.02. The van der Waals surface area contributed by atoms with Gasteiger partial charge in [-0.3, -0.25) is 4.98 Å². The minimum Gasteiger partial charge on any atom is -0.484 e. The van der Waals surface area contributed by atoms with Gasteiger partial charge in [-0.1, -0.05) is 18.2 Å². The average Bonchev–Trinajstić information content (AvgIpc) is 2.82. The van der Waals surface area contributed by atoms with Crippen LogP contribution in [0.3, 0.4) is 0 Å². The van der Waals surface area contributed by atoms with Crippen molar-refractivity contribution < 1.29 is 9.15 Å². The second kappa shape index (κ2) is 5.64. The molecule has 2 aromatic heterocycles. The van der Waals surface area contributed by atoms with E-state index in [1.165, 1.54) is 0 Å². The number of benzene rings is 1. The first-order valence-electron chi connectivity index (χ1n) is 6.20. The molecular weight excluding hydrogens is 320 g/mol. The molecule has 3 aromatic rings. The number of halogens is 1.